The summed E-state index contributed by atoms with van der Waals surface area (Å²) in [7, 11) is 0. The Kier molecular flexibility index (Phi) is 6.15. The van der Waals surface area contributed by atoms with Crippen molar-refractivity contribution >= 4 is 28.0 Å². The Labute approximate surface area is 204 Å². The molecular weight excluding hydrogens is 442 g/mol. The van der Waals surface area contributed by atoms with Crippen molar-refractivity contribution in [3.05, 3.63) is 75.9 Å². The zero-order chi connectivity index (χ0) is 23.8. The van der Waals surface area contributed by atoms with Crippen LogP contribution in [0, 0.1) is 27.7 Å². The highest BCUT2D eigenvalue weighted by Gasteiger charge is 2.24. The molecule has 1 aliphatic heterocycles. The number of aromatic nitrogens is 2. The molecule has 0 bridgehead atoms. The largest absolute Gasteiger partial charge is 0.322 e. The number of carbonyl (C=O) groups is 1. The number of nitrogens with one attached hydrogen (secondary N) is 1. The van der Waals surface area contributed by atoms with Gasteiger partial charge in [0.25, 0.3) is 0 Å². The van der Waals surface area contributed by atoms with Gasteiger partial charge in [0.2, 0.25) is 0 Å². The van der Waals surface area contributed by atoms with Crippen molar-refractivity contribution in [1.29, 1.82) is 0 Å². The molecule has 0 radical (unpaired) electrons. The normalized spacial score (nSPS) is 14.6. The number of anilines is 1. The summed E-state index contributed by atoms with van der Waals surface area (Å²) in [6, 6.07) is 14.6. The zero-order valence-electron chi connectivity index (χ0n) is 20.3. The fourth-order valence-electron chi connectivity index (χ4n) is 4.50. The average Bonchev–Trinajstić information content (AvgIpc) is 3.34. The summed E-state index contributed by atoms with van der Waals surface area (Å²) in [5, 5.41) is 3.10. The number of urea groups is 1. The van der Waals surface area contributed by atoms with Gasteiger partial charge in [-0.3, -0.25) is 9.30 Å². The predicted molar refractivity (Wildman–Crippen MR) is 140 cm³/mol. The van der Waals surface area contributed by atoms with Crippen LogP contribution in [-0.2, 0) is 6.54 Å². The first-order chi connectivity index (χ1) is 16.4. The van der Waals surface area contributed by atoms with E-state index in [0.717, 1.165) is 47.1 Å². The van der Waals surface area contributed by atoms with Crippen LogP contribution >= 0.6 is 11.3 Å². The molecule has 6 nitrogen and oxygen atoms in total. The molecule has 0 aliphatic carbocycles. The summed E-state index contributed by atoms with van der Waals surface area (Å²) < 4.78 is 2.24. The SMILES string of the molecule is Cc1ccc(-c2nc3sc(C)cn3c2CN2CCN(C(=O)Nc3cccc(C)c3C)CC2)cc1. The third-order valence-electron chi connectivity index (χ3n) is 6.74. The van der Waals surface area contributed by atoms with Crippen molar-refractivity contribution in [3.8, 4) is 11.3 Å². The Morgan fingerprint density at radius 1 is 1.00 bits per heavy atom. The standard InChI is InChI=1S/C27H31N5OS/c1-18-8-10-22(11-9-18)25-24(32-16-20(3)34-27(32)29-25)17-30-12-14-31(15-13-30)26(33)28-23-7-5-6-19(2)21(23)4/h5-11,16H,12-15,17H2,1-4H3,(H,28,33). The molecule has 0 atom stereocenters. The minimum absolute atomic E-state index is 0.0195. The highest BCUT2D eigenvalue weighted by molar-refractivity contribution is 7.17. The number of amides is 2. The van der Waals surface area contributed by atoms with E-state index in [1.54, 1.807) is 11.3 Å². The second-order valence-electron chi connectivity index (χ2n) is 9.21. The summed E-state index contributed by atoms with van der Waals surface area (Å²) in [5.74, 6) is 0. The Morgan fingerprint density at radius 3 is 2.47 bits per heavy atom. The molecule has 0 saturated carbocycles. The quantitative estimate of drug-likeness (QED) is 0.417. The molecule has 176 valence electrons. The van der Waals surface area contributed by atoms with Crippen LogP contribution < -0.4 is 5.32 Å². The van der Waals surface area contributed by atoms with Gasteiger partial charge in [0.15, 0.2) is 4.96 Å². The van der Waals surface area contributed by atoms with E-state index in [1.165, 1.54) is 21.7 Å². The summed E-state index contributed by atoms with van der Waals surface area (Å²) in [4.78, 5) is 24.5. The van der Waals surface area contributed by atoms with Crippen molar-refractivity contribution in [3.63, 3.8) is 0 Å². The predicted octanol–water partition coefficient (Wildman–Crippen LogP) is 5.65. The fourth-order valence-corrected chi connectivity index (χ4v) is 5.34. The average molecular weight is 474 g/mol. The van der Waals surface area contributed by atoms with Crippen LogP contribution in [0.1, 0.15) is 27.3 Å². The Bertz CT molecular complexity index is 1330. The van der Waals surface area contributed by atoms with Gasteiger partial charge < -0.3 is 10.2 Å². The minimum atomic E-state index is -0.0195. The third kappa shape index (κ3) is 4.45. The van der Waals surface area contributed by atoms with Gasteiger partial charge in [0, 0.05) is 55.0 Å². The molecule has 34 heavy (non-hydrogen) atoms. The number of carbonyl (C=O) groups excluding carboxylic acids is 1. The minimum Gasteiger partial charge on any atom is -0.322 e. The molecule has 7 heteroatoms. The van der Waals surface area contributed by atoms with Crippen LogP contribution in [0.2, 0.25) is 0 Å². The topological polar surface area (TPSA) is 52.9 Å². The Morgan fingerprint density at radius 2 is 1.74 bits per heavy atom. The van der Waals surface area contributed by atoms with Crippen LogP contribution in [0.25, 0.3) is 16.2 Å². The van der Waals surface area contributed by atoms with E-state index in [0.29, 0.717) is 13.1 Å². The molecule has 1 fully saturated rings. The number of benzene rings is 2. The van der Waals surface area contributed by atoms with Gasteiger partial charge in [-0.1, -0.05) is 42.0 Å². The molecule has 2 aromatic heterocycles. The number of piperazine rings is 1. The first-order valence-electron chi connectivity index (χ1n) is 11.8. The van der Waals surface area contributed by atoms with E-state index in [9.17, 15) is 4.79 Å². The molecule has 1 aliphatic rings. The Balaban J connectivity index is 1.29. The van der Waals surface area contributed by atoms with Gasteiger partial charge in [-0.2, -0.15) is 0 Å². The number of hydrogen-bond acceptors (Lipinski definition) is 4. The Hall–Kier alpha value is -3.16. The summed E-state index contributed by atoms with van der Waals surface area (Å²) in [5.41, 5.74) is 7.87. The number of nitrogens with zero attached hydrogens (tertiary/aromatic N) is 4. The zero-order valence-corrected chi connectivity index (χ0v) is 21.1. The monoisotopic (exact) mass is 473 g/mol. The number of hydrogen-bond donors (Lipinski definition) is 1. The molecule has 0 unspecified atom stereocenters. The first-order valence-corrected chi connectivity index (χ1v) is 12.6. The highest BCUT2D eigenvalue weighted by atomic mass is 32.1. The van der Waals surface area contributed by atoms with Crippen molar-refractivity contribution in [2.75, 3.05) is 31.5 Å². The maximum atomic E-state index is 12.9. The maximum absolute atomic E-state index is 12.9. The lowest BCUT2D eigenvalue weighted by atomic mass is 10.1. The van der Waals surface area contributed by atoms with Gasteiger partial charge in [-0.25, -0.2) is 9.78 Å². The molecule has 2 aromatic carbocycles. The van der Waals surface area contributed by atoms with Gasteiger partial charge >= 0.3 is 6.03 Å². The lowest BCUT2D eigenvalue weighted by Gasteiger charge is -2.34. The third-order valence-corrected chi connectivity index (χ3v) is 7.64. The lowest BCUT2D eigenvalue weighted by Crippen LogP contribution is -2.49. The van der Waals surface area contributed by atoms with Crippen LogP contribution in [0.3, 0.4) is 0 Å². The van der Waals surface area contributed by atoms with E-state index in [2.05, 4.69) is 71.9 Å². The molecule has 5 rings (SSSR count). The van der Waals surface area contributed by atoms with Crippen molar-refractivity contribution in [1.82, 2.24) is 19.2 Å². The van der Waals surface area contributed by atoms with Crippen LogP contribution in [-0.4, -0.2) is 51.4 Å². The second-order valence-corrected chi connectivity index (χ2v) is 10.4. The van der Waals surface area contributed by atoms with Gasteiger partial charge in [-0.15, -0.1) is 11.3 Å². The number of thiazole rings is 1. The number of fused-ring (bicyclic) bond motifs is 1. The van der Waals surface area contributed by atoms with Crippen molar-refractivity contribution in [2.45, 2.75) is 34.2 Å². The molecular formula is C27H31N5OS. The molecule has 3 heterocycles. The molecule has 1 saturated heterocycles. The lowest BCUT2D eigenvalue weighted by molar-refractivity contribution is 0.142. The highest BCUT2D eigenvalue weighted by Crippen LogP contribution is 2.30. The van der Waals surface area contributed by atoms with Crippen LogP contribution in [0.4, 0.5) is 10.5 Å². The summed E-state index contributed by atoms with van der Waals surface area (Å²) in [6.07, 6.45) is 2.19. The van der Waals surface area contributed by atoms with E-state index in [4.69, 9.17) is 4.98 Å². The smallest absolute Gasteiger partial charge is 0.321 e. The molecule has 0 spiro atoms. The summed E-state index contributed by atoms with van der Waals surface area (Å²) >= 11 is 1.73. The number of imidazole rings is 1. The number of rotatable bonds is 4. The summed E-state index contributed by atoms with van der Waals surface area (Å²) in [6.45, 7) is 12.3. The van der Waals surface area contributed by atoms with Gasteiger partial charge in [0.1, 0.15) is 0 Å². The molecule has 4 aromatic rings. The molecule has 2 amide bonds. The molecule has 1 N–H and O–H groups in total. The van der Waals surface area contributed by atoms with Crippen molar-refractivity contribution < 1.29 is 4.79 Å². The maximum Gasteiger partial charge on any atom is 0.321 e. The second kappa shape index (κ2) is 9.24. The van der Waals surface area contributed by atoms with Crippen LogP contribution in [0.5, 0.6) is 0 Å². The van der Waals surface area contributed by atoms with E-state index in [-0.39, 0.29) is 6.03 Å². The van der Waals surface area contributed by atoms with Crippen LogP contribution in [0.15, 0.2) is 48.7 Å². The van der Waals surface area contributed by atoms with Gasteiger partial charge in [-0.05, 0) is 44.9 Å². The van der Waals surface area contributed by atoms with Gasteiger partial charge in [0.05, 0.1) is 11.4 Å². The van der Waals surface area contributed by atoms with E-state index in [1.807, 2.05) is 24.0 Å². The van der Waals surface area contributed by atoms with E-state index >= 15 is 0 Å². The number of aryl methyl sites for hydroxylation is 3. The first kappa shape index (κ1) is 22.6. The van der Waals surface area contributed by atoms with E-state index < -0.39 is 0 Å². The van der Waals surface area contributed by atoms with Crippen molar-refractivity contribution in [2.24, 2.45) is 0 Å². The fraction of sp³-hybridized carbons (Fsp3) is 0.333.